The van der Waals surface area contributed by atoms with Crippen LogP contribution in [0.1, 0.15) is 12.5 Å². The number of rotatable bonds is 5. The van der Waals surface area contributed by atoms with E-state index in [9.17, 15) is 13.6 Å². The Balaban J connectivity index is 2.69. The molecule has 0 aliphatic heterocycles. The lowest BCUT2D eigenvalue weighted by molar-refractivity contribution is -0.130. The molecule has 0 spiro atoms. The average Bonchev–Trinajstić information content (AvgIpc) is 2.30. The predicted octanol–water partition coefficient (Wildman–Crippen LogP) is 2.75. The Morgan fingerprint density at radius 2 is 2.06 bits per heavy atom. The molecule has 0 saturated heterocycles. The molecule has 0 atom stereocenters. The highest BCUT2D eigenvalue weighted by Gasteiger charge is 2.12. The minimum absolute atomic E-state index is 0.0852. The van der Waals surface area contributed by atoms with Crippen molar-refractivity contribution in [1.82, 2.24) is 4.90 Å². The molecule has 0 unspecified atom stereocenters. The van der Waals surface area contributed by atoms with Gasteiger partial charge in [0, 0.05) is 18.4 Å². The minimum Gasteiger partial charge on any atom is -0.342 e. The topological polar surface area (TPSA) is 20.3 Å². The fraction of sp³-hybridized carbons (Fsp3) is 0.417. The van der Waals surface area contributed by atoms with Crippen LogP contribution in [-0.2, 0) is 11.2 Å². The maximum atomic E-state index is 13.0. The summed E-state index contributed by atoms with van der Waals surface area (Å²) in [7, 11) is 0. The van der Waals surface area contributed by atoms with Crippen molar-refractivity contribution >= 4 is 21.8 Å². The van der Waals surface area contributed by atoms with E-state index < -0.39 is 11.6 Å². The fourth-order valence-electron chi connectivity index (χ4n) is 1.50. The monoisotopic (exact) mass is 305 g/mol. The van der Waals surface area contributed by atoms with Crippen LogP contribution in [-0.4, -0.2) is 29.2 Å². The summed E-state index contributed by atoms with van der Waals surface area (Å²) in [6.07, 6.45) is 0.0953. The maximum Gasteiger partial charge on any atom is 0.227 e. The number of hydrogen-bond acceptors (Lipinski definition) is 1. The summed E-state index contributed by atoms with van der Waals surface area (Å²) in [6, 6.07) is 3.53. The highest BCUT2D eigenvalue weighted by molar-refractivity contribution is 9.09. The molecule has 0 aliphatic rings. The second kappa shape index (κ2) is 6.69. The molecule has 0 bridgehead atoms. The van der Waals surface area contributed by atoms with Gasteiger partial charge < -0.3 is 4.90 Å². The van der Waals surface area contributed by atoms with Crippen LogP contribution < -0.4 is 0 Å². The zero-order chi connectivity index (χ0) is 12.8. The van der Waals surface area contributed by atoms with E-state index >= 15 is 0 Å². The van der Waals surface area contributed by atoms with Crippen LogP contribution in [0, 0.1) is 11.6 Å². The molecule has 1 amide bonds. The predicted molar refractivity (Wildman–Crippen MR) is 66.1 cm³/mol. The van der Waals surface area contributed by atoms with Gasteiger partial charge in [-0.3, -0.25) is 4.79 Å². The number of hydrogen-bond donors (Lipinski definition) is 0. The normalized spacial score (nSPS) is 10.4. The number of benzene rings is 1. The Morgan fingerprint density at radius 3 is 2.59 bits per heavy atom. The third-order valence-electron chi connectivity index (χ3n) is 2.43. The van der Waals surface area contributed by atoms with Crippen LogP contribution in [0.3, 0.4) is 0 Å². The molecule has 0 radical (unpaired) electrons. The van der Waals surface area contributed by atoms with Gasteiger partial charge in [0.05, 0.1) is 6.42 Å². The molecule has 1 aromatic carbocycles. The summed E-state index contributed by atoms with van der Waals surface area (Å²) in [5.41, 5.74) is 0.488. The van der Waals surface area contributed by atoms with Crippen molar-refractivity contribution in [1.29, 1.82) is 0 Å². The van der Waals surface area contributed by atoms with Gasteiger partial charge in [-0.15, -0.1) is 0 Å². The molecular formula is C12H14BrF2NO. The molecule has 0 aliphatic carbocycles. The molecular weight excluding hydrogens is 292 g/mol. The summed E-state index contributed by atoms with van der Waals surface area (Å²) in [5.74, 6) is -1.90. The average molecular weight is 306 g/mol. The van der Waals surface area contributed by atoms with Gasteiger partial charge in [0.2, 0.25) is 5.91 Å². The number of carbonyl (C=O) groups excluding carboxylic acids is 1. The third-order valence-corrected chi connectivity index (χ3v) is 2.78. The van der Waals surface area contributed by atoms with Gasteiger partial charge in [0.25, 0.3) is 0 Å². The van der Waals surface area contributed by atoms with Gasteiger partial charge in [-0.25, -0.2) is 8.78 Å². The molecule has 1 aromatic rings. The van der Waals surface area contributed by atoms with E-state index in [0.717, 1.165) is 12.1 Å². The van der Waals surface area contributed by atoms with Crippen LogP contribution in [0.5, 0.6) is 0 Å². The smallest absolute Gasteiger partial charge is 0.227 e. The first kappa shape index (κ1) is 14.1. The van der Waals surface area contributed by atoms with E-state index in [0.29, 0.717) is 24.0 Å². The second-order valence-electron chi connectivity index (χ2n) is 3.59. The van der Waals surface area contributed by atoms with Crippen LogP contribution in [0.2, 0.25) is 0 Å². The van der Waals surface area contributed by atoms with Gasteiger partial charge >= 0.3 is 0 Å². The Hall–Kier alpha value is -0.970. The van der Waals surface area contributed by atoms with Crippen LogP contribution in [0.15, 0.2) is 18.2 Å². The first-order valence-electron chi connectivity index (χ1n) is 5.36. The molecule has 17 heavy (non-hydrogen) atoms. The Bertz CT molecular complexity index is 398. The van der Waals surface area contributed by atoms with Crippen molar-refractivity contribution in [3.8, 4) is 0 Å². The summed E-state index contributed by atoms with van der Waals surface area (Å²) < 4.78 is 25.7. The molecule has 0 fully saturated rings. The molecule has 2 nitrogen and oxygen atoms in total. The van der Waals surface area contributed by atoms with Crippen molar-refractivity contribution in [2.75, 3.05) is 18.4 Å². The third kappa shape index (κ3) is 4.07. The molecule has 0 saturated carbocycles. The van der Waals surface area contributed by atoms with Gasteiger partial charge in [-0.2, -0.15) is 0 Å². The highest BCUT2D eigenvalue weighted by Crippen LogP contribution is 2.10. The standard InChI is InChI=1S/C12H14BrF2NO/c1-2-16(6-5-13)12(17)8-9-3-4-10(14)11(15)7-9/h3-4,7H,2,5-6,8H2,1H3. The Kier molecular flexibility index (Phi) is 5.55. The van der Waals surface area contributed by atoms with Crippen molar-refractivity contribution in [2.24, 2.45) is 0 Å². The molecule has 94 valence electrons. The number of nitrogens with zero attached hydrogens (tertiary/aromatic N) is 1. The van der Waals surface area contributed by atoms with E-state index in [1.54, 1.807) is 4.90 Å². The summed E-state index contributed by atoms with van der Waals surface area (Å²) in [5, 5.41) is 0.699. The van der Waals surface area contributed by atoms with Crippen LogP contribution in [0.4, 0.5) is 8.78 Å². The zero-order valence-corrected chi connectivity index (χ0v) is 11.1. The summed E-state index contributed by atoms with van der Waals surface area (Å²) in [4.78, 5) is 13.5. The fourth-order valence-corrected chi connectivity index (χ4v) is 1.93. The lowest BCUT2D eigenvalue weighted by Crippen LogP contribution is -2.33. The Labute approximate surface area is 108 Å². The van der Waals surface area contributed by atoms with Crippen LogP contribution in [0.25, 0.3) is 0 Å². The largest absolute Gasteiger partial charge is 0.342 e. The lowest BCUT2D eigenvalue weighted by atomic mass is 10.1. The number of amides is 1. The first-order valence-corrected chi connectivity index (χ1v) is 6.48. The van der Waals surface area contributed by atoms with Gasteiger partial charge in [0.1, 0.15) is 0 Å². The van der Waals surface area contributed by atoms with Crippen molar-refractivity contribution < 1.29 is 13.6 Å². The molecule has 0 N–H and O–H groups in total. The van der Waals surface area contributed by atoms with E-state index in [1.807, 2.05) is 6.92 Å². The maximum absolute atomic E-state index is 13.0. The van der Waals surface area contributed by atoms with E-state index in [1.165, 1.54) is 6.07 Å². The Morgan fingerprint density at radius 1 is 1.35 bits per heavy atom. The first-order chi connectivity index (χ1) is 8.08. The van der Waals surface area contributed by atoms with Crippen molar-refractivity contribution in [3.63, 3.8) is 0 Å². The molecule has 0 aromatic heterocycles. The van der Waals surface area contributed by atoms with Crippen LogP contribution >= 0.6 is 15.9 Å². The highest BCUT2D eigenvalue weighted by atomic mass is 79.9. The quantitative estimate of drug-likeness (QED) is 0.766. The second-order valence-corrected chi connectivity index (χ2v) is 4.38. The summed E-state index contributed by atoms with van der Waals surface area (Å²) in [6.45, 7) is 3.10. The summed E-state index contributed by atoms with van der Waals surface area (Å²) >= 11 is 3.26. The number of alkyl halides is 1. The van der Waals surface area contributed by atoms with Crippen molar-refractivity contribution in [2.45, 2.75) is 13.3 Å². The lowest BCUT2D eigenvalue weighted by Gasteiger charge is -2.19. The van der Waals surface area contributed by atoms with Gasteiger partial charge in [-0.1, -0.05) is 22.0 Å². The van der Waals surface area contributed by atoms with E-state index in [4.69, 9.17) is 0 Å². The SMILES string of the molecule is CCN(CCBr)C(=O)Cc1ccc(F)c(F)c1. The van der Waals surface area contributed by atoms with Gasteiger partial charge in [-0.05, 0) is 24.6 Å². The zero-order valence-electron chi connectivity index (χ0n) is 9.55. The van der Waals surface area contributed by atoms with Crippen molar-refractivity contribution in [3.05, 3.63) is 35.4 Å². The number of carbonyl (C=O) groups is 1. The molecule has 1 rings (SSSR count). The van der Waals surface area contributed by atoms with Gasteiger partial charge in [0.15, 0.2) is 11.6 Å². The van der Waals surface area contributed by atoms with E-state index in [2.05, 4.69) is 15.9 Å². The number of likely N-dealkylation sites (N-methyl/N-ethyl adjacent to an activating group) is 1. The molecule has 0 heterocycles. The number of halogens is 3. The molecule has 5 heteroatoms. The van der Waals surface area contributed by atoms with E-state index in [-0.39, 0.29) is 12.3 Å². The minimum atomic E-state index is -0.918.